The second kappa shape index (κ2) is 7.85. The van der Waals surface area contributed by atoms with Gasteiger partial charge in [0.15, 0.2) is 6.10 Å². The number of hydrogen-bond acceptors (Lipinski definition) is 3. The molecule has 0 aromatic heterocycles. The first kappa shape index (κ1) is 13.7. The van der Waals surface area contributed by atoms with E-state index in [2.05, 4.69) is 0 Å². The molecule has 1 rings (SSSR count). The molecule has 0 spiro atoms. The van der Waals surface area contributed by atoms with Gasteiger partial charge >= 0.3 is 5.97 Å². The highest BCUT2D eigenvalue weighted by Crippen LogP contribution is 2.06. The third-order valence-electron chi connectivity index (χ3n) is 2.56. The van der Waals surface area contributed by atoms with Crippen LogP contribution in [0.15, 0.2) is 30.3 Å². The van der Waals surface area contributed by atoms with Gasteiger partial charge in [-0.2, -0.15) is 0 Å². The summed E-state index contributed by atoms with van der Waals surface area (Å²) in [7, 11) is 0. The maximum absolute atomic E-state index is 11.4. The zero-order valence-electron chi connectivity index (χ0n) is 10.3. The smallest absolute Gasteiger partial charge is 0.334 e. The van der Waals surface area contributed by atoms with Crippen molar-refractivity contribution in [1.29, 1.82) is 0 Å². The minimum atomic E-state index is -1.01. The molecule has 0 aliphatic heterocycles. The van der Waals surface area contributed by atoms with Crippen molar-refractivity contribution in [3.8, 4) is 0 Å². The Hall–Kier alpha value is -1.35. The summed E-state index contributed by atoms with van der Waals surface area (Å²) in [6.45, 7) is 2.43. The Morgan fingerprint density at radius 2 is 2.06 bits per heavy atom. The molecule has 1 aromatic rings. The van der Waals surface area contributed by atoms with E-state index in [-0.39, 0.29) is 0 Å². The molecule has 0 radical (unpaired) electrons. The van der Waals surface area contributed by atoms with Gasteiger partial charge in [0.2, 0.25) is 0 Å². The second-order valence-electron chi connectivity index (χ2n) is 4.06. The lowest BCUT2D eigenvalue weighted by Crippen LogP contribution is -2.24. The molecule has 0 bridgehead atoms. The highest BCUT2D eigenvalue weighted by Gasteiger charge is 2.15. The molecule has 3 nitrogen and oxygen atoms in total. The summed E-state index contributed by atoms with van der Waals surface area (Å²) in [5.74, 6) is -0.505. The molecular formula is C14H20O3. The zero-order chi connectivity index (χ0) is 12.5. The topological polar surface area (TPSA) is 46.5 Å². The van der Waals surface area contributed by atoms with Gasteiger partial charge in [-0.05, 0) is 24.8 Å². The van der Waals surface area contributed by atoms with Crippen LogP contribution in [0, 0.1) is 0 Å². The molecule has 3 heteroatoms. The van der Waals surface area contributed by atoms with E-state index < -0.39 is 12.1 Å². The summed E-state index contributed by atoms with van der Waals surface area (Å²) in [6, 6.07) is 9.80. The lowest BCUT2D eigenvalue weighted by molar-refractivity contribution is -0.153. The van der Waals surface area contributed by atoms with Crippen LogP contribution < -0.4 is 0 Å². The standard InChI is InChI=1S/C14H20O3/c1-2-3-11-17-14(16)13(15)10-9-12-7-5-4-6-8-12/h4-8,13,15H,2-3,9-11H2,1H3/t13-/m1/s1. The first-order valence-corrected chi connectivity index (χ1v) is 6.12. The predicted molar refractivity (Wildman–Crippen MR) is 66.6 cm³/mol. The van der Waals surface area contributed by atoms with E-state index in [4.69, 9.17) is 4.74 Å². The lowest BCUT2D eigenvalue weighted by Gasteiger charge is -2.10. The highest BCUT2D eigenvalue weighted by molar-refractivity contribution is 5.74. The van der Waals surface area contributed by atoms with Crippen LogP contribution in [-0.2, 0) is 16.0 Å². The number of unbranched alkanes of at least 4 members (excludes halogenated alkanes) is 1. The summed E-state index contributed by atoms with van der Waals surface area (Å²) in [5, 5.41) is 9.60. The maximum atomic E-state index is 11.4. The summed E-state index contributed by atoms with van der Waals surface area (Å²) in [4.78, 5) is 11.4. The minimum absolute atomic E-state index is 0.401. The average molecular weight is 236 g/mol. The van der Waals surface area contributed by atoms with Gasteiger partial charge in [-0.3, -0.25) is 0 Å². The molecule has 0 amide bonds. The fourth-order valence-electron chi connectivity index (χ4n) is 1.48. The van der Waals surface area contributed by atoms with Crippen molar-refractivity contribution < 1.29 is 14.6 Å². The van der Waals surface area contributed by atoms with Crippen LogP contribution in [0.3, 0.4) is 0 Å². The molecule has 1 atom stereocenters. The number of rotatable bonds is 7. The first-order valence-electron chi connectivity index (χ1n) is 6.12. The number of aryl methyl sites for hydroxylation is 1. The number of carbonyl (C=O) groups is 1. The van der Waals surface area contributed by atoms with Crippen molar-refractivity contribution in [2.45, 2.75) is 38.7 Å². The van der Waals surface area contributed by atoms with Crippen molar-refractivity contribution in [3.05, 3.63) is 35.9 Å². The Morgan fingerprint density at radius 3 is 2.71 bits per heavy atom. The van der Waals surface area contributed by atoms with Gasteiger partial charge in [0.1, 0.15) is 0 Å². The fraction of sp³-hybridized carbons (Fsp3) is 0.500. The van der Waals surface area contributed by atoms with Gasteiger partial charge in [-0.25, -0.2) is 4.79 Å². The van der Waals surface area contributed by atoms with Crippen LogP contribution in [0.5, 0.6) is 0 Å². The van der Waals surface area contributed by atoms with E-state index in [1.54, 1.807) is 0 Å². The van der Waals surface area contributed by atoms with Crippen molar-refractivity contribution in [2.75, 3.05) is 6.61 Å². The van der Waals surface area contributed by atoms with Crippen LogP contribution in [0.1, 0.15) is 31.7 Å². The summed E-state index contributed by atoms with van der Waals surface area (Å²) in [6.07, 6.45) is 1.91. The molecular weight excluding hydrogens is 216 g/mol. The first-order chi connectivity index (χ1) is 8.24. The van der Waals surface area contributed by atoms with Crippen LogP contribution in [0.4, 0.5) is 0 Å². The number of aliphatic hydroxyl groups is 1. The molecule has 1 N–H and O–H groups in total. The Balaban J connectivity index is 2.24. The SMILES string of the molecule is CCCCOC(=O)[C@H](O)CCc1ccccc1. The van der Waals surface area contributed by atoms with Crippen LogP contribution in [-0.4, -0.2) is 23.8 Å². The zero-order valence-corrected chi connectivity index (χ0v) is 10.3. The Kier molecular flexibility index (Phi) is 6.33. The predicted octanol–water partition coefficient (Wildman–Crippen LogP) is 2.32. The van der Waals surface area contributed by atoms with Crippen molar-refractivity contribution in [2.24, 2.45) is 0 Å². The highest BCUT2D eigenvalue weighted by atomic mass is 16.5. The Bertz CT molecular complexity index is 321. The third kappa shape index (κ3) is 5.50. The molecule has 0 heterocycles. The Morgan fingerprint density at radius 1 is 1.35 bits per heavy atom. The molecule has 17 heavy (non-hydrogen) atoms. The summed E-state index contributed by atoms with van der Waals surface area (Å²) < 4.78 is 4.94. The molecule has 0 saturated carbocycles. The maximum Gasteiger partial charge on any atom is 0.334 e. The lowest BCUT2D eigenvalue weighted by atomic mass is 10.1. The quantitative estimate of drug-likeness (QED) is 0.584. The molecule has 0 saturated heterocycles. The van der Waals surface area contributed by atoms with Crippen LogP contribution >= 0.6 is 0 Å². The van der Waals surface area contributed by atoms with Crippen LogP contribution in [0.2, 0.25) is 0 Å². The Labute approximate surface area is 102 Å². The van der Waals surface area contributed by atoms with Crippen molar-refractivity contribution in [3.63, 3.8) is 0 Å². The van der Waals surface area contributed by atoms with Gasteiger partial charge < -0.3 is 9.84 Å². The molecule has 94 valence electrons. The van der Waals surface area contributed by atoms with E-state index in [0.717, 1.165) is 18.4 Å². The molecule has 0 fully saturated rings. The number of benzene rings is 1. The van der Waals surface area contributed by atoms with Gasteiger partial charge in [-0.15, -0.1) is 0 Å². The molecule has 0 aliphatic carbocycles. The summed E-state index contributed by atoms with van der Waals surface area (Å²) >= 11 is 0. The minimum Gasteiger partial charge on any atom is -0.464 e. The fourth-order valence-corrected chi connectivity index (χ4v) is 1.48. The number of esters is 1. The number of ether oxygens (including phenoxy) is 1. The molecule has 0 aliphatic rings. The van der Waals surface area contributed by atoms with E-state index >= 15 is 0 Å². The molecule has 0 unspecified atom stereocenters. The number of hydrogen-bond donors (Lipinski definition) is 1. The van der Waals surface area contributed by atoms with Crippen LogP contribution in [0.25, 0.3) is 0 Å². The third-order valence-corrected chi connectivity index (χ3v) is 2.56. The number of carbonyl (C=O) groups excluding carboxylic acids is 1. The largest absolute Gasteiger partial charge is 0.464 e. The summed E-state index contributed by atoms with van der Waals surface area (Å²) in [5.41, 5.74) is 1.12. The van der Waals surface area contributed by atoms with E-state index in [1.165, 1.54) is 0 Å². The average Bonchev–Trinajstić information content (AvgIpc) is 2.37. The van der Waals surface area contributed by atoms with Crippen molar-refractivity contribution >= 4 is 5.97 Å². The monoisotopic (exact) mass is 236 g/mol. The normalized spacial score (nSPS) is 12.1. The van der Waals surface area contributed by atoms with Crippen molar-refractivity contribution in [1.82, 2.24) is 0 Å². The van der Waals surface area contributed by atoms with E-state index in [0.29, 0.717) is 19.4 Å². The number of aliphatic hydroxyl groups excluding tert-OH is 1. The van der Waals surface area contributed by atoms with Gasteiger partial charge in [0.25, 0.3) is 0 Å². The van der Waals surface area contributed by atoms with Gasteiger partial charge in [-0.1, -0.05) is 43.7 Å². The van der Waals surface area contributed by atoms with Gasteiger partial charge in [0, 0.05) is 0 Å². The van der Waals surface area contributed by atoms with E-state index in [1.807, 2.05) is 37.3 Å². The molecule has 1 aromatic carbocycles. The second-order valence-corrected chi connectivity index (χ2v) is 4.06. The van der Waals surface area contributed by atoms with E-state index in [9.17, 15) is 9.90 Å². The van der Waals surface area contributed by atoms with Gasteiger partial charge in [0.05, 0.1) is 6.61 Å².